The van der Waals surface area contributed by atoms with Crippen LogP contribution in [0, 0.1) is 0 Å². The molecule has 30 heavy (non-hydrogen) atoms. The number of likely N-dealkylation sites (tertiary alicyclic amines) is 1. The Morgan fingerprint density at radius 2 is 1.77 bits per heavy atom. The Hall–Kier alpha value is -2.79. The second-order valence-electron chi connectivity index (χ2n) is 7.75. The average Bonchev–Trinajstić information content (AvgIpc) is 3.17. The first kappa shape index (κ1) is 20.5. The maximum Gasteiger partial charge on any atom is 0.260 e. The highest BCUT2D eigenvalue weighted by Gasteiger charge is 2.26. The third-order valence-electron chi connectivity index (χ3n) is 5.89. The maximum absolute atomic E-state index is 12.6. The SMILES string of the molecule is CCOCCn1cc(C2CCN(C(=O)COc3ccccc3)CC2)c2ccccc21. The van der Waals surface area contributed by atoms with E-state index in [4.69, 9.17) is 9.47 Å². The number of hydrogen-bond acceptors (Lipinski definition) is 3. The number of para-hydroxylation sites is 2. The van der Waals surface area contributed by atoms with E-state index in [0.29, 0.717) is 5.92 Å². The molecule has 0 unspecified atom stereocenters. The van der Waals surface area contributed by atoms with Crippen molar-refractivity contribution >= 4 is 16.8 Å². The van der Waals surface area contributed by atoms with Crippen LogP contribution in [0.25, 0.3) is 10.9 Å². The van der Waals surface area contributed by atoms with Gasteiger partial charge in [0, 0.05) is 43.3 Å². The van der Waals surface area contributed by atoms with Crippen molar-refractivity contribution in [3.63, 3.8) is 0 Å². The molecular weight excluding hydrogens is 376 g/mol. The van der Waals surface area contributed by atoms with Crippen LogP contribution in [0.3, 0.4) is 0 Å². The van der Waals surface area contributed by atoms with E-state index in [-0.39, 0.29) is 12.5 Å². The molecule has 0 radical (unpaired) electrons. The summed E-state index contributed by atoms with van der Waals surface area (Å²) in [6.45, 7) is 6.02. The number of piperidine rings is 1. The van der Waals surface area contributed by atoms with Gasteiger partial charge in [-0.25, -0.2) is 0 Å². The molecular formula is C25H30N2O3. The minimum Gasteiger partial charge on any atom is -0.484 e. The number of carbonyl (C=O) groups is 1. The Labute approximate surface area is 178 Å². The van der Waals surface area contributed by atoms with Gasteiger partial charge in [0.05, 0.1) is 6.61 Å². The molecule has 0 bridgehead atoms. The van der Waals surface area contributed by atoms with Crippen LogP contribution in [0.5, 0.6) is 5.75 Å². The minimum atomic E-state index is 0.0662. The molecule has 1 aromatic heterocycles. The van der Waals surface area contributed by atoms with E-state index in [1.54, 1.807) is 0 Å². The average molecular weight is 407 g/mol. The largest absolute Gasteiger partial charge is 0.484 e. The predicted octanol–water partition coefficient (Wildman–Crippen LogP) is 4.46. The Morgan fingerprint density at radius 1 is 1.03 bits per heavy atom. The van der Waals surface area contributed by atoms with Gasteiger partial charge in [0.1, 0.15) is 5.75 Å². The van der Waals surface area contributed by atoms with Crippen LogP contribution in [0.2, 0.25) is 0 Å². The van der Waals surface area contributed by atoms with Crippen LogP contribution in [0.4, 0.5) is 0 Å². The first-order valence-corrected chi connectivity index (χ1v) is 10.9. The van der Waals surface area contributed by atoms with Crippen LogP contribution in [-0.2, 0) is 16.1 Å². The van der Waals surface area contributed by atoms with Gasteiger partial charge in [-0.15, -0.1) is 0 Å². The molecule has 1 fully saturated rings. The molecule has 1 saturated heterocycles. The summed E-state index contributed by atoms with van der Waals surface area (Å²) in [6.07, 6.45) is 4.26. The zero-order valence-electron chi connectivity index (χ0n) is 17.6. The molecule has 158 valence electrons. The van der Waals surface area contributed by atoms with E-state index in [1.807, 2.05) is 42.2 Å². The van der Waals surface area contributed by atoms with E-state index < -0.39 is 0 Å². The Balaban J connectivity index is 1.38. The second-order valence-corrected chi connectivity index (χ2v) is 7.75. The lowest BCUT2D eigenvalue weighted by molar-refractivity contribution is -0.134. The lowest BCUT2D eigenvalue weighted by Crippen LogP contribution is -2.40. The molecule has 4 rings (SSSR count). The predicted molar refractivity (Wildman–Crippen MR) is 119 cm³/mol. The maximum atomic E-state index is 12.6. The summed E-state index contributed by atoms with van der Waals surface area (Å²) in [6, 6.07) is 18.1. The molecule has 0 aliphatic carbocycles. The van der Waals surface area contributed by atoms with Gasteiger partial charge >= 0.3 is 0 Å². The molecule has 2 heterocycles. The Kier molecular flexibility index (Phi) is 6.70. The number of aromatic nitrogens is 1. The second kappa shape index (κ2) is 9.81. The Morgan fingerprint density at radius 3 is 2.53 bits per heavy atom. The standard InChI is InChI=1S/C25H30N2O3/c1-2-29-17-16-27-18-23(22-10-6-7-11-24(22)27)20-12-14-26(15-13-20)25(28)19-30-21-8-4-3-5-9-21/h3-11,18,20H,2,12-17,19H2,1H3. The number of benzene rings is 2. The van der Waals surface area contributed by atoms with Gasteiger partial charge < -0.3 is 18.9 Å². The summed E-state index contributed by atoms with van der Waals surface area (Å²) < 4.78 is 13.5. The van der Waals surface area contributed by atoms with Crippen molar-refractivity contribution in [1.82, 2.24) is 9.47 Å². The highest BCUT2D eigenvalue weighted by molar-refractivity contribution is 5.84. The van der Waals surface area contributed by atoms with E-state index in [9.17, 15) is 4.79 Å². The Bertz CT molecular complexity index is 959. The molecule has 2 aromatic carbocycles. The molecule has 3 aromatic rings. The van der Waals surface area contributed by atoms with Crippen molar-refractivity contribution < 1.29 is 14.3 Å². The quantitative estimate of drug-likeness (QED) is 0.519. The van der Waals surface area contributed by atoms with E-state index >= 15 is 0 Å². The summed E-state index contributed by atoms with van der Waals surface area (Å²) in [7, 11) is 0. The van der Waals surface area contributed by atoms with Crippen LogP contribution >= 0.6 is 0 Å². The van der Waals surface area contributed by atoms with E-state index in [2.05, 4.69) is 35.0 Å². The summed E-state index contributed by atoms with van der Waals surface area (Å²) in [5, 5.41) is 1.33. The summed E-state index contributed by atoms with van der Waals surface area (Å²) in [5.74, 6) is 1.28. The minimum absolute atomic E-state index is 0.0662. The molecule has 0 spiro atoms. The highest BCUT2D eigenvalue weighted by atomic mass is 16.5. The fourth-order valence-electron chi connectivity index (χ4n) is 4.29. The van der Waals surface area contributed by atoms with E-state index in [1.165, 1.54) is 16.5 Å². The van der Waals surface area contributed by atoms with Gasteiger partial charge in [-0.05, 0) is 49.4 Å². The summed E-state index contributed by atoms with van der Waals surface area (Å²) >= 11 is 0. The van der Waals surface area contributed by atoms with Crippen molar-refractivity contribution in [3.05, 3.63) is 66.4 Å². The zero-order chi connectivity index (χ0) is 20.8. The van der Waals surface area contributed by atoms with Gasteiger partial charge in [-0.1, -0.05) is 36.4 Å². The highest BCUT2D eigenvalue weighted by Crippen LogP contribution is 2.34. The van der Waals surface area contributed by atoms with Gasteiger partial charge in [-0.3, -0.25) is 4.79 Å². The van der Waals surface area contributed by atoms with Crippen LogP contribution in [0.1, 0.15) is 31.2 Å². The molecule has 0 saturated carbocycles. The van der Waals surface area contributed by atoms with E-state index in [0.717, 1.165) is 51.4 Å². The number of ether oxygens (including phenoxy) is 2. The van der Waals surface area contributed by atoms with Gasteiger partial charge in [0.25, 0.3) is 5.91 Å². The van der Waals surface area contributed by atoms with Crippen LogP contribution in [0.15, 0.2) is 60.8 Å². The summed E-state index contributed by atoms with van der Waals surface area (Å²) in [4.78, 5) is 14.5. The zero-order valence-corrected chi connectivity index (χ0v) is 17.6. The molecule has 0 atom stereocenters. The fourth-order valence-corrected chi connectivity index (χ4v) is 4.29. The molecule has 5 heteroatoms. The third kappa shape index (κ3) is 4.68. The molecule has 1 aliphatic heterocycles. The number of nitrogens with zero attached hydrogens (tertiary/aromatic N) is 2. The van der Waals surface area contributed by atoms with Crippen molar-refractivity contribution in [2.45, 2.75) is 32.2 Å². The van der Waals surface area contributed by atoms with Crippen LogP contribution < -0.4 is 4.74 Å². The smallest absolute Gasteiger partial charge is 0.260 e. The molecule has 5 nitrogen and oxygen atoms in total. The van der Waals surface area contributed by atoms with Crippen LogP contribution in [-0.4, -0.2) is 48.3 Å². The van der Waals surface area contributed by atoms with Crippen molar-refractivity contribution in [2.75, 3.05) is 32.9 Å². The lowest BCUT2D eigenvalue weighted by atomic mass is 9.89. The number of amides is 1. The third-order valence-corrected chi connectivity index (χ3v) is 5.89. The lowest BCUT2D eigenvalue weighted by Gasteiger charge is -2.32. The normalized spacial score (nSPS) is 14.9. The van der Waals surface area contributed by atoms with Gasteiger partial charge in [0.15, 0.2) is 6.61 Å². The fraction of sp³-hybridized carbons (Fsp3) is 0.400. The van der Waals surface area contributed by atoms with Crippen molar-refractivity contribution in [2.24, 2.45) is 0 Å². The van der Waals surface area contributed by atoms with Gasteiger partial charge in [-0.2, -0.15) is 0 Å². The first-order valence-electron chi connectivity index (χ1n) is 10.9. The van der Waals surface area contributed by atoms with Crippen molar-refractivity contribution in [1.29, 1.82) is 0 Å². The number of fused-ring (bicyclic) bond motifs is 1. The molecule has 1 aliphatic rings. The molecule has 0 N–H and O–H groups in total. The topological polar surface area (TPSA) is 43.7 Å². The molecule has 1 amide bonds. The van der Waals surface area contributed by atoms with Crippen molar-refractivity contribution in [3.8, 4) is 5.75 Å². The summed E-state index contributed by atoms with van der Waals surface area (Å²) in [5.41, 5.74) is 2.66. The first-order chi connectivity index (χ1) is 14.8. The van der Waals surface area contributed by atoms with Gasteiger partial charge in [0.2, 0.25) is 0 Å². The number of rotatable bonds is 8. The number of carbonyl (C=O) groups excluding carboxylic acids is 1. The number of hydrogen-bond donors (Lipinski definition) is 0. The monoisotopic (exact) mass is 406 g/mol.